The van der Waals surface area contributed by atoms with Crippen LogP contribution in [-0.4, -0.2) is 23.8 Å². The van der Waals surface area contributed by atoms with E-state index in [1.807, 2.05) is 0 Å². The molecule has 80 valence electrons. The summed E-state index contributed by atoms with van der Waals surface area (Å²) in [4.78, 5) is 0. The quantitative estimate of drug-likeness (QED) is 0.517. The average molecular weight is 195 g/mol. The Morgan fingerprint density at radius 3 is 2.79 bits per heavy atom. The molecule has 0 heterocycles. The van der Waals surface area contributed by atoms with Crippen molar-refractivity contribution in [2.75, 3.05) is 6.54 Å². The molecule has 1 fully saturated rings. The number of terminal acetylenes is 1. The number of aliphatic hydroxyl groups is 1. The van der Waals surface area contributed by atoms with E-state index in [0.717, 1.165) is 38.6 Å². The lowest BCUT2D eigenvalue weighted by Gasteiger charge is -2.28. The molecule has 0 amide bonds. The summed E-state index contributed by atoms with van der Waals surface area (Å²) in [5, 5.41) is 13.1. The number of unbranched alkanes of at least 4 members (excludes halogenated alkanes) is 2. The van der Waals surface area contributed by atoms with E-state index in [-0.39, 0.29) is 6.10 Å². The van der Waals surface area contributed by atoms with Gasteiger partial charge in [-0.1, -0.05) is 12.8 Å². The van der Waals surface area contributed by atoms with Crippen molar-refractivity contribution in [3.05, 3.63) is 0 Å². The van der Waals surface area contributed by atoms with Crippen LogP contribution in [0.2, 0.25) is 0 Å². The van der Waals surface area contributed by atoms with Gasteiger partial charge in [-0.05, 0) is 32.2 Å². The molecule has 14 heavy (non-hydrogen) atoms. The maximum Gasteiger partial charge on any atom is 0.0693 e. The Morgan fingerprint density at radius 1 is 1.29 bits per heavy atom. The van der Waals surface area contributed by atoms with Crippen LogP contribution in [0.15, 0.2) is 0 Å². The van der Waals surface area contributed by atoms with E-state index < -0.39 is 0 Å². The molecule has 0 radical (unpaired) electrons. The highest BCUT2D eigenvalue weighted by Crippen LogP contribution is 2.18. The SMILES string of the molecule is C#CCCCCN[C@@H]1CCCC[C@H]1O. The first-order valence-electron chi connectivity index (χ1n) is 5.69. The molecule has 2 heteroatoms. The van der Waals surface area contributed by atoms with Gasteiger partial charge in [0, 0.05) is 12.5 Å². The minimum absolute atomic E-state index is 0.128. The van der Waals surface area contributed by atoms with Crippen LogP contribution in [0.4, 0.5) is 0 Å². The molecule has 0 saturated heterocycles. The van der Waals surface area contributed by atoms with E-state index in [9.17, 15) is 5.11 Å². The number of hydrogen-bond donors (Lipinski definition) is 2. The van der Waals surface area contributed by atoms with Crippen LogP contribution in [-0.2, 0) is 0 Å². The summed E-state index contributed by atoms with van der Waals surface area (Å²) in [6.45, 7) is 0.989. The minimum Gasteiger partial charge on any atom is -0.392 e. The van der Waals surface area contributed by atoms with Crippen molar-refractivity contribution in [3.8, 4) is 12.3 Å². The van der Waals surface area contributed by atoms with Crippen molar-refractivity contribution in [1.82, 2.24) is 5.32 Å². The van der Waals surface area contributed by atoms with Gasteiger partial charge in [0.15, 0.2) is 0 Å². The second kappa shape index (κ2) is 6.86. The van der Waals surface area contributed by atoms with Crippen LogP contribution >= 0.6 is 0 Å². The Bertz CT molecular complexity index is 185. The molecule has 0 aliphatic heterocycles. The molecule has 0 aromatic heterocycles. The average Bonchev–Trinajstić information content (AvgIpc) is 2.20. The molecule has 1 saturated carbocycles. The monoisotopic (exact) mass is 195 g/mol. The second-order valence-electron chi connectivity index (χ2n) is 4.07. The smallest absolute Gasteiger partial charge is 0.0693 e. The third-order valence-electron chi connectivity index (χ3n) is 2.88. The van der Waals surface area contributed by atoms with Gasteiger partial charge in [0.1, 0.15) is 0 Å². The first kappa shape index (κ1) is 11.6. The van der Waals surface area contributed by atoms with Gasteiger partial charge in [-0.15, -0.1) is 12.3 Å². The van der Waals surface area contributed by atoms with E-state index >= 15 is 0 Å². The summed E-state index contributed by atoms with van der Waals surface area (Å²) in [5.41, 5.74) is 0. The molecule has 0 aromatic carbocycles. The van der Waals surface area contributed by atoms with E-state index in [4.69, 9.17) is 6.42 Å². The predicted molar refractivity (Wildman–Crippen MR) is 58.9 cm³/mol. The topological polar surface area (TPSA) is 32.3 Å². The molecule has 0 spiro atoms. The van der Waals surface area contributed by atoms with Gasteiger partial charge in [-0.3, -0.25) is 0 Å². The van der Waals surface area contributed by atoms with Gasteiger partial charge >= 0.3 is 0 Å². The minimum atomic E-state index is -0.128. The molecular formula is C12H21NO. The highest BCUT2D eigenvalue weighted by molar-refractivity contribution is 4.83. The highest BCUT2D eigenvalue weighted by Gasteiger charge is 2.21. The predicted octanol–water partition coefficient (Wildman–Crippen LogP) is 1.68. The van der Waals surface area contributed by atoms with E-state index in [2.05, 4.69) is 11.2 Å². The molecule has 2 atom stereocenters. The first-order valence-corrected chi connectivity index (χ1v) is 5.69. The highest BCUT2D eigenvalue weighted by atomic mass is 16.3. The van der Waals surface area contributed by atoms with Crippen LogP contribution in [0.1, 0.15) is 44.9 Å². The Balaban J connectivity index is 2.02. The van der Waals surface area contributed by atoms with Gasteiger partial charge in [0.25, 0.3) is 0 Å². The third-order valence-corrected chi connectivity index (χ3v) is 2.88. The number of nitrogens with one attached hydrogen (secondary N) is 1. The fourth-order valence-corrected chi connectivity index (χ4v) is 1.99. The zero-order valence-corrected chi connectivity index (χ0v) is 8.84. The largest absolute Gasteiger partial charge is 0.392 e. The van der Waals surface area contributed by atoms with Crippen molar-refractivity contribution in [3.63, 3.8) is 0 Å². The summed E-state index contributed by atoms with van der Waals surface area (Å²) in [6.07, 6.45) is 12.6. The summed E-state index contributed by atoms with van der Waals surface area (Å²) in [7, 11) is 0. The molecular weight excluding hydrogens is 174 g/mol. The molecule has 2 nitrogen and oxygen atoms in total. The molecule has 2 N–H and O–H groups in total. The maximum absolute atomic E-state index is 9.68. The molecule has 1 aliphatic rings. The Hall–Kier alpha value is -0.520. The fraction of sp³-hybridized carbons (Fsp3) is 0.833. The standard InChI is InChI=1S/C12H21NO/c1-2-3-4-7-10-13-11-8-5-6-9-12(11)14/h1,11-14H,3-10H2/t11-,12-/m1/s1. The van der Waals surface area contributed by atoms with Gasteiger partial charge in [0.05, 0.1) is 6.10 Å². The lowest BCUT2D eigenvalue weighted by Crippen LogP contribution is -2.42. The van der Waals surface area contributed by atoms with E-state index in [0.29, 0.717) is 6.04 Å². The van der Waals surface area contributed by atoms with Crippen molar-refractivity contribution in [1.29, 1.82) is 0 Å². The van der Waals surface area contributed by atoms with Crippen molar-refractivity contribution in [2.24, 2.45) is 0 Å². The molecule has 1 rings (SSSR count). The van der Waals surface area contributed by atoms with Crippen LogP contribution < -0.4 is 5.32 Å². The zero-order valence-electron chi connectivity index (χ0n) is 8.84. The van der Waals surface area contributed by atoms with Crippen LogP contribution in [0.3, 0.4) is 0 Å². The van der Waals surface area contributed by atoms with Crippen molar-refractivity contribution >= 4 is 0 Å². The zero-order chi connectivity index (χ0) is 10.2. The molecule has 1 aliphatic carbocycles. The lowest BCUT2D eigenvalue weighted by molar-refractivity contribution is 0.0910. The summed E-state index contributed by atoms with van der Waals surface area (Å²) in [6, 6.07) is 0.328. The fourth-order valence-electron chi connectivity index (χ4n) is 1.99. The molecule has 0 unspecified atom stereocenters. The molecule has 0 bridgehead atoms. The van der Waals surface area contributed by atoms with Crippen LogP contribution in [0, 0.1) is 12.3 Å². The normalized spacial score (nSPS) is 27.1. The van der Waals surface area contributed by atoms with Gasteiger partial charge in [0.2, 0.25) is 0 Å². The third kappa shape index (κ3) is 4.13. The first-order chi connectivity index (χ1) is 6.84. The maximum atomic E-state index is 9.68. The summed E-state index contributed by atoms with van der Waals surface area (Å²) < 4.78 is 0. The number of rotatable bonds is 5. The Kier molecular flexibility index (Phi) is 5.66. The molecule has 0 aromatic rings. The van der Waals surface area contributed by atoms with Crippen LogP contribution in [0.5, 0.6) is 0 Å². The second-order valence-corrected chi connectivity index (χ2v) is 4.07. The van der Waals surface area contributed by atoms with Crippen molar-refractivity contribution < 1.29 is 5.11 Å². The lowest BCUT2D eigenvalue weighted by atomic mass is 9.92. The van der Waals surface area contributed by atoms with E-state index in [1.54, 1.807) is 0 Å². The summed E-state index contributed by atoms with van der Waals surface area (Å²) in [5.74, 6) is 2.64. The van der Waals surface area contributed by atoms with Gasteiger partial charge in [-0.25, -0.2) is 0 Å². The van der Waals surface area contributed by atoms with E-state index in [1.165, 1.54) is 12.8 Å². The van der Waals surface area contributed by atoms with Gasteiger partial charge in [-0.2, -0.15) is 0 Å². The van der Waals surface area contributed by atoms with Crippen LogP contribution in [0.25, 0.3) is 0 Å². The Labute approximate surface area is 87.1 Å². The summed E-state index contributed by atoms with van der Waals surface area (Å²) >= 11 is 0. The van der Waals surface area contributed by atoms with Crippen molar-refractivity contribution in [2.45, 2.75) is 57.1 Å². The number of aliphatic hydroxyl groups excluding tert-OH is 1. The number of hydrogen-bond acceptors (Lipinski definition) is 2. The van der Waals surface area contributed by atoms with Gasteiger partial charge < -0.3 is 10.4 Å². The Morgan fingerprint density at radius 2 is 2.07 bits per heavy atom.